The molecule has 0 aliphatic heterocycles. The molecule has 2 aliphatic carbocycles. The lowest BCUT2D eigenvalue weighted by molar-refractivity contribution is 0.0260. The summed E-state index contributed by atoms with van der Waals surface area (Å²) in [6, 6.07) is 5.64. The van der Waals surface area contributed by atoms with Gasteiger partial charge in [0.1, 0.15) is 23.3 Å². The van der Waals surface area contributed by atoms with E-state index in [1.807, 2.05) is 25.1 Å². The van der Waals surface area contributed by atoms with Crippen LogP contribution in [0.1, 0.15) is 88.5 Å². The molecule has 0 unspecified atom stereocenters. The number of H-pyrrole nitrogens is 1. The van der Waals surface area contributed by atoms with Crippen LogP contribution in [-0.4, -0.2) is 37.1 Å². The van der Waals surface area contributed by atoms with Gasteiger partial charge >= 0.3 is 5.97 Å². The van der Waals surface area contributed by atoms with Gasteiger partial charge in [0.25, 0.3) is 0 Å². The molecule has 1 saturated carbocycles. The second-order valence-electron chi connectivity index (χ2n) is 8.63. The van der Waals surface area contributed by atoms with E-state index < -0.39 is 0 Å². The van der Waals surface area contributed by atoms with Gasteiger partial charge in [-0.25, -0.2) is 4.79 Å². The van der Waals surface area contributed by atoms with Gasteiger partial charge < -0.3 is 19.2 Å². The number of carbonyl (C=O) groups excluding carboxylic acids is 2. The highest BCUT2D eigenvalue weighted by atomic mass is 16.5. The number of aromatic nitrogens is 1. The molecule has 1 N–H and O–H groups in total. The number of fused-ring (bicyclic) bond motifs is 1. The fraction of sp³-hybridized carbons (Fsp3) is 0.520. The molecule has 1 aromatic carbocycles. The van der Waals surface area contributed by atoms with Gasteiger partial charge in [0.2, 0.25) is 0 Å². The lowest BCUT2D eigenvalue weighted by atomic mass is 9.81. The number of aromatic amines is 1. The Bertz CT molecular complexity index is 969. The second kappa shape index (κ2) is 9.16. The lowest BCUT2D eigenvalue weighted by Gasteiger charge is -2.24. The van der Waals surface area contributed by atoms with Gasteiger partial charge in [-0.1, -0.05) is 12.8 Å². The van der Waals surface area contributed by atoms with Gasteiger partial charge in [-0.05, 0) is 62.8 Å². The third-order valence-corrected chi connectivity index (χ3v) is 6.65. The summed E-state index contributed by atoms with van der Waals surface area (Å²) in [7, 11) is 3.25. The average Bonchev–Trinajstić information content (AvgIpc) is 2.93. The van der Waals surface area contributed by atoms with Crippen LogP contribution in [0.25, 0.3) is 0 Å². The lowest BCUT2D eigenvalue weighted by Crippen LogP contribution is -2.19. The summed E-state index contributed by atoms with van der Waals surface area (Å²) in [5, 5.41) is 0. The van der Waals surface area contributed by atoms with E-state index in [0.29, 0.717) is 29.7 Å². The minimum Gasteiger partial charge on any atom is -0.497 e. The number of carbonyl (C=O) groups is 2. The van der Waals surface area contributed by atoms with E-state index in [2.05, 4.69) is 4.98 Å². The molecule has 6 nitrogen and oxygen atoms in total. The molecule has 0 spiro atoms. The van der Waals surface area contributed by atoms with Crippen molar-refractivity contribution in [3.63, 3.8) is 0 Å². The molecule has 6 heteroatoms. The zero-order chi connectivity index (χ0) is 22.0. The van der Waals surface area contributed by atoms with Crippen LogP contribution in [0, 0.1) is 6.92 Å². The van der Waals surface area contributed by atoms with Gasteiger partial charge in [-0.15, -0.1) is 0 Å². The van der Waals surface area contributed by atoms with Crippen LogP contribution < -0.4 is 9.47 Å². The zero-order valence-corrected chi connectivity index (χ0v) is 18.6. The van der Waals surface area contributed by atoms with Gasteiger partial charge in [0, 0.05) is 29.2 Å². The summed E-state index contributed by atoms with van der Waals surface area (Å²) in [4.78, 5) is 29.2. The summed E-state index contributed by atoms with van der Waals surface area (Å²) >= 11 is 0. The van der Waals surface area contributed by atoms with Crippen molar-refractivity contribution in [3.05, 3.63) is 46.3 Å². The number of benzene rings is 1. The fourth-order valence-electron chi connectivity index (χ4n) is 4.99. The van der Waals surface area contributed by atoms with Crippen molar-refractivity contribution in [1.82, 2.24) is 4.98 Å². The van der Waals surface area contributed by atoms with Gasteiger partial charge in [-0.3, -0.25) is 4.79 Å². The minimum absolute atomic E-state index is 0.0285. The molecular formula is C25H31NO5. The highest BCUT2D eigenvalue weighted by molar-refractivity contribution is 6.03. The van der Waals surface area contributed by atoms with Crippen molar-refractivity contribution in [3.8, 4) is 11.5 Å². The molecule has 2 aromatic rings. The molecule has 1 fully saturated rings. The highest BCUT2D eigenvalue weighted by Crippen LogP contribution is 2.40. The minimum atomic E-state index is -0.345. The number of nitrogens with one attached hydrogen (secondary N) is 1. The number of Topliss-reactive ketones (excluding diaryl/α,β-unsaturated/α-hetero) is 1. The molecule has 1 atom stereocenters. The maximum atomic E-state index is 13.1. The zero-order valence-electron chi connectivity index (χ0n) is 18.6. The van der Waals surface area contributed by atoms with Crippen LogP contribution in [0.2, 0.25) is 0 Å². The smallest absolute Gasteiger partial charge is 0.355 e. The maximum Gasteiger partial charge on any atom is 0.355 e. The van der Waals surface area contributed by atoms with Crippen molar-refractivity contribution in [2.24, 2.45) is 0 Å². The first-order chi connectivity index (χ1) is 15.0. The second-order valence-corrected chi connectivity index (χ2v) is 8.63. The molecule has 0 radical (unpaired) electrons. The Morgan fingerprint density at radius 1 is 1.03 bits per heavy atom. The van der Waals surface area contributed by atoms with Crippen molar-refractivity contribution in [2.75, 3.05) is 14.2 Å². The van der Waals surface area contributed by atoms with Crippen molar-refractivity contribution in [2.45, 2.75) is 70.3 Å². The van der Waals surface area contributed by atoms with Gasteiger partial charge in [0.15, 0.2) is 5.78 Å². The molecule has 0 saturated heterocycles. The predicted molar refractivity (Wildman–Crippen MR) is 117 cm³/mol. The van der Waals surface area contributed by atoms with Crippen molar-refractivity contribution >= 4 is 11.8 Å². The fourth-order valence-corrected chi connectivity index (χ4v) is 4.99. The summed E-state index contributed by atoms with van der Waals surface area (Å²) < 4.78 is 16.7. The molecule has 1 aromatic heterocycles. The molecule has 2 aliphatic rings. The molecule has 31 heavy (non-hydrogen) atoms. The Labute approximate surface area is 183 Å². The topological polar surface area (TPSA) is 77.6 Å². The first-order valence-electron chi connectivity index (χ1n) is 11.2. The van der Waals surface area contributed by atoms with Crippen LogP contribution in [0.5, 0.6) is 11.5 Å². The van der Waals surface area contributed by atoms with Crippen LogP contribution in [-0.2, 0) is 11.2 Å². The van der Waals surface area contributed by atoms with E-state index in [1.165, 1.54) is 12.8 Å². The van der Waals surface area contributed by atoms with E-state index in [1.54, 1.807) is 14.2 Å². The van der Waals surface area contributed by atoms with E-state index in [-0.39, 0.29) is 23.8 Å². The van der Waals surface area contributed by atoms with Crippen LogP contribution in [0.4, 0.5) is 0 Å². The van der Waals surface area contributed by atoms with Crippen LogP contribution in [0.3, 0.4) is 0 Å². The summed E-state index contributed by atoms with van der Waals surface area (Å²) in [5.41, 5.74) is 3.51. The number of esters is 1. The Hall–Kier alpha value is -2.76. The highest BCUT2D eigenvalue weighted by Gasteiger charge is 2.34. The van der Waals surface area contributed by atoms with Crippen LogP contribution >= 0.6 is 0 Å². The third kappa shape index (κ3) is 4.34. The monoisotopic (exact) mass is 425 g/mol. The summed E-state index contributed by atoms with van der Waals surface area (Å²) in [6.45, 7) is 1.84. The number of ether oxygens (including phenoxy) is 3. The number of rotatable bonds is 5. The van der Waals surface area contributed by atoms with E-state index in [4.69, 9.17) is 14.2 Å². The number of hydrogen-bond donors (Lipinski definition) is 1. The molecule has 0 amide bonds. The summed E-state index contributed by atoms with van der Waals surface area (Å²) in [6.07, 6.45) is 7.40. The Morgan fingerprint density at radius 2 is 1.77 bits per heavy atom. The van der Waals surface area contributed by atoms with Crippen molar-refractivity contribution < 1.29 is 23.8 Å². The average molecular weight is 426 g/mol. The first kappa shape index (κ1) is 21.5. The Kier molecular flexibility index (Phi) is 6.35. The Morgan fingerprint density at radius 3 is 2.45 bits per heavy atom. The number of ketones is 1. The van der Waals surface area contributed by atoms with E-state index in [9.17, 15) is 9.59 Å². The largest absolute Gasteiger partial charge is 0.497 e. The number of methoxy groups -OCH3 is 2. The SMILES string of the molecule is COc1ccc(OC)c([C@H]2CC(=O)c3c([nH]c(C(=O)OC4CCCCCC4)c3C)C2)c1. The third-order valence-electron chi connectivity index (χ3n) is 6.65. The summed E-state index contributed by atoms with van der Waals surface area (Å²) in [5.74, 6) is 1.11. The standard InChI is InChI=1S/C25H31NO5/c1-15-23-20(26-24(15)25(28)31-17-8-6-4-5-7-9-17)12-16(13-21(23)27)19-14-18(29-2)10-11-22(19)30-3/h10-11,14,16-17,26H,4-9,12-13H2,1-3H3/t16-/m1/s1. The van der Waals surface area contributed by atoms with Gasteiger partial charge in [0.05, 0.1) is 14.2 Å². The molecule has 4 rings (SSSR count). The quantitative estimate of drug-likeness (QED) is 0.531. The molecule has 166 valence electrons. The predicted octanol–water partition coefficient (Wildman–Crippen LogP) is 5.13. The normalized spacial score (nSPS) is 19.5. The molecular weight excluding hydrogens is 394 g/mol. The number of hydrogen-bond acceptors (Lipinski definition) is 5. The first-order valence-corrected chi connectivity index (χ1v) is 11.2. The van der Waals surface area contributed by atoms with Crippen molar-refractivity contribution in [1.29, 1.82) is 0 Å². The van der Waals surface area contributed by atoms with Gasteiger partial charge in [-0.2, -0.15) is 0 Å². The van der Waals surface area contributed by atoms with E-state index in [0.717, 1.165) is 48.4 Å². The molecule has 1 heterocycles. The Balaban J connectivity index is 1.59. The van der Waals surface area contributed by atoms with Crippen LogP contribution in [0.15, 0.2) is 18.2 Å². The maximum absolute atomic E-state index is 13.1. The molecule has 0 bridgehead atoms. The van der Waals surface area contributed by atoms with E-state index >= 15 is 0 Å².